The average molecular weight is 448 g/mol. The maximum Gasteiger partial charge on any atom is 0.254 e. The van der Waals surface area contributed by atoms with E-state index in [0.717, 1.165) is 11.3 Å². The highest BCUT2D eigenvalue weighted by molar-refractivity contribution is 7.92. The minimum absolute atomic E-state index is 0.0509. The van der Waals surface area contributed by atoms with E-state index in [2.05, 4.69) is 4.72 Å². The fourth-order valence-electron chi connectivity index (χ4n) is 3.28. The maximum absolute atomic E-state index is 13.2. The Morgan fingerprint density at radius 2 is 1.74 bits per heavy atom. The lowest BCUT2D eigenvalue weighted by molar-refractivity contribution is 0.0690. The molecule has 0 aliphatic heterocycles. The average Bonchev–Trinajstić information content (AvgIpc) is 2.70. The number of sulfonamides is 1. The van der Waals surface area contributed by atoms with Crippen molar-refractivity contribution in [3.05, 3.63) is 53.6 Å². The van der Waals surface area contributed by atoms with Crippen LogP contribution in [-0.2, 0) is 16.6 Å². The molecule has 0 aliphatic rings. The number of hydrogen-bond donors (Lipinski definition) is 1. The highest BCUT2D eigenvalue weighted by atomic mass is 32.2. The van der Waals surface area contributed by atoms with E-state index in [1.54, 1.807) is 48.4 Å². The van der Waals surface area contributed by atoms with Gasteiger partial charge in [-0.3, -0.25) is 9.52 Å². The molecule has 0 unspecified atom stereocenters. The first-order chi connectivity index (χ1) is 14.6. The van der Waals surface area contributed by atoms with Gasteiger partial charge < -0.3 is 14.5 Å². The topological polar surface area (TPSA) is 79.0 Å². The van der Waals surface area contributed by atoms with Gasteiger partial charge in [0.05, 0.1) is 12.9 Å². The normalized spacial score (nSPS) is 11.3. The lowest BCUT2D eigenvalue weighted by atomic mass is 10.1. The number of benzene rings is 2. The highest BCUT2D eigenvalue weighted by Gasteiger charge is 2.21. The summed E-state index contributed by atoms with van der Waals surface area (Å²) in [7, 11) is 2.03. The van der Waals surface area contributed by atoms with Crippen LogP contribution >= 0.6 is 0 Å². The Hall–Kier alpha value is -2.74. The van der Waals surface area contributed by atoms with Gasteiger partial charge >= 0.3 is 0 Å². The molecule has 170 valence electrons. The second-order valence-corrected chi connectivity index (χ2v) is 9.76. The quantitative estimate of drug-likeness (QED) is 0.596. The molecule has 0 aromatic heterocycles. The molecule has 0 bridgehead atoms. The zero-order valence-corrected chi connectivity index (χ0v) is 20.0. The molecule has 0 atom stereocenters. The SMILES string of the molecule is CCCS(=O)(=O)Nc1ccc(N(C)C)c(CN(C(=O)c2ccc(OC)cc2)C(C)C)c1. The number of nitrogens with one attached hydrogen (secondary N) is 1. The largest absolute Gasteiger partial charge is 0.497 e. The van der Waals surface area contributed by atoms with Crippen molar-refractivity contribution in [3.63, 3.8) is 0 Å². The minimum Gasteiger partial charge on any atom is -0.497 e. The Balaban J connectivity index is 2.38. The molecule has 7 nitrogen and oxygen atoms in total. The van der Waals surface area contributed by atoms with Gasteiger partial charge in [0.15, 0.2) is 0 Å². The van der Waals surface area contributed by atoms with E-state index in [0.29, 0.717) is 30.0 Å². The molecular weight excluding hydrogens is 414 g/mol. The lowest BCUT2D eigenvalue weighted by Gasteiger charge is -2.29. The summed E-state index contributed by atoms with van der Waals surface area (Å²) in [6.07, 6.45) is 0.537. The summed E-state index contributed by atoms with van der Waals surface area (Å²) in [4.78, 5) is 17.0. The Kier molecular flexibility index (Phi) is 8.33. The highest BCUT2D eigenvalue weighted by Crippen LogP contribution is 2.27. The second-order valence-electron chi connectivity index (χ2n) is 7.91. The van der Waals surface area contributed by atoms with E-state index in [-0.39, 0.29) is 17.7 Å². The Labute approximate surface area is 186 Å². The fourth-order valence-corrected chi connectivity index (χ4v) is 4.41. The third kappa shape index (κ3) is 6.62. The molecule has 31 heavy (non-hydrogen) atoms. The van der Waals surface area contributed by atoms with E-state index < -0.39 is 10.0 Å². The molecule has 1 N–H and O–H groups in total. The molecule has 0 saturated heterocycles. The second kappa shape index (κ2) is 10.5. The van der Waals surface area contributed by atoms with Crippen LogP contribution in [0, 0.1) is 0 Å². The van der Waals surface area contributed by atoms with Gasteiger partial charge in [-0.15, -0.1) is 0 Å². The Bertz CT molecular complexity index is 986. The van der Waals surface area contributed by atoms with Crippen LogP contribution < -0.4 is 14.4 Å². The van der Waals surface area contributed by atoms with Crippen molar-refractivity contribution in [3.8, 4) is 5.75 Å². The molecule has 0 saturated carbocycles. The number of anilines is 2. The number of hydrogen-bond acceptors (Lipinski definition) is 5. The maximum atomic E-state index is 13.2. The summed E-state index contributed by atoms with van der Waals surface area (Å²) in [5.41, 5.74) is 2.85. The van der Waals surface area contributed by atoms with Crippen molar-refractivity contribution in [2.45, 2.75) is 39.8 Å². The third-order valence-electron chi connectivity index (χ3n) is 4.87. The molecule has 0 aliphatic carbocycles. The van der Waals surface area contributed by atoms with Crippen molar-refractivity contribution < 1.29 is 17.9 Å². The third-order valence-corrected chi connectivity index (χ3v) is 6.36. The van der Waals surface area contributed by atoms with Gasteiger partial charge in [-0.1, -0.05) is 6.92 Å². The number of ether oxygens (including phenoxy) is 1. The van der Waals surface area contributed by atoms with Gasteiger partial charge in [-0.2, -0.15) is 0 Å². The first kappa shape index (κ1) is 24.5. The summed E-state index contributed by atoms with van der Waals surface area (Å²) >= 11 is 0. The van der Waals surface area contributed by atoms with Crippen molar-refractivity contribution in [2.75, 3.05) is 36.6 Å². The lowest BCUT2D eigenvalue weighted by Crippen LogP contribution is -2.36. The van der Waals surface area contributed by atoms with Gasteiger partial charge in [0.25, 0.3) is 5.91 Å². The predicted molar refractivity (Wildman–Crippen MR) is 126 cm³/mol. The van der Waals surface area contributed by atoms with Crippen LogP contribution in [0.15, 0.2) is 42.5 Å². The molecule has 2 aromatic rings. The fraction of sp³-hybridized carbons (Fsp3) is 0.435. The summed E-state index contributed by atoms with van der Waals surface area (Å²) in [6, 6.07) is 12.4. The Morgan fingerprint density at radius 3 is 2.26 bits per heavy atom. The van der Waals surface area contributed by atoms with Crippen LogP contribution in [0.3, 0.4) is 0 Å². The van der Waals surface area contributed by atoms with E-state index in [4.69, 9.17) is 4.74 Å². The van der Waals surface area contributed by atoms with E-state index in [1.807, 2.05) is 45.8 Å². The van der Waals surface area contributed by atoms with E-state index >= 15 is 0 Å². The van der Waals surface area contributed by atoms with Crippen molar-refractivity contribution in [1.82, 2.24) is 4.90 Å². The molecular formula is C23H33N3O4S. The van der Waals surface area contributed by atoms with Gasteiger partial charge in [-0.25, -0.2) is 8.42 Å². The van der Waals surface area contributed by atoms with Gasteiger partial charge in [-0.05, 0) is 68.3 Å². The van der Waals surface area contributed by atoms with Crippen molar-refractivity contribution >= 4 is 27.3 Å². The number of amides is 1. The molecule has 0 radical (unpaired) electrons. The Morgan fingerprint density at radius 1 is 1.10 bits per heavy atom. The van der Waals surface area contributed by atoms with Crippen LogP contribution in [0.4, 0.5) is 11.4 Å². The van der Waals surface area contributed by atoms with Crippen LogP contribution in [0.5, 0.6) is 5.75 Å². The zero-order chi connectivity index (χ0) is 23.2. The smallest absolute Gasteiger partial charge is 0.254 e. The van der Waals surface area contributed by atoms with Gasteiger partial charge in [0.2, 0.25) is 10.0 Å². The first-order valence-corrected chi connectivity index (χ1v) is 12.0. The molecule has 0 fully saturated rings. The monoisotopic (exact) mass is 447 g/mol. The first-order valence-electron chi connectivity index (χ1n) is 10.3. The molecule has 0 spiro atoms. The number of carbonyl (C=O) groups is 1. The van der Waals surface area contributed by atoms with Crippen molar-refractivity contribution in [1.29, 1.82) is 0 Å². The van der Waals surface area contributed by atoms with Crippen LogP contribution in [0.2, 0.25) is 0 Å². The number of methoxy groups -OCH3 is 1. The summed E-state index contributed by atoms with van der Waals surface area (Å²) < 4.78 is 32.2. The summed E-state index contributed by atoms with van der Waals surface area (Å²) in [5.74, 6) is 0.653. The molecule has 2 aromatic carbocycles. The van der Waals surface area contributed by atoms with E-state index in [9.17, 15) is 13.2 Å². The number of nitrogens with zero attached hydrogens (tertiary/aromatic N) is 2. The van der Waals surface area contributed by atoms with Gasteiger partial charge in [0, 0.05) is 43.6 Å². The van der Waals surface area contributed by atoms with E-state index in [1.165, 1.54) is 0 Å². The minimum atomic E-state index is -3.40. The summed E-state index contributed by atoms with van der Waals surface area (Å²) in [6.45, 7) is 6.10. The molecule has 8 heteroatoms. The summed E-state index contributed by atoms with van der Waals surface area (Å²) in [5, 5.41) is 0. The predicted octanol–water partition coefficient (Wildman–Crippen LogP) is 3.96. The van der Waals surface area contributed by atoms with Crippen LogP contribution in [0.25, 0.3) is 0 Å². The van der Waals surface area contributed by atoms with Crippen LogP contribution in [0.1, 0.15) is 43.1 Å². The van der Waals surface area contributed by atoms with Crippen molar-refractivity contribution in [2.24, 2.45) is 0 Å². The number of rotatable bonds is 10. The van der Waals surface area contributed by atoms with Crippen LogP contribution in [-0.4, -0.2) is 52.2 Å². The molecule has 0 heterocycles. The van der Waals surface area contributed by atoms with Gasteiger partial charge in [0.1, 0.15) is 5.75 Å². The number of carbonyl (C=O) groups excluding carboxylic acids is 1. The zero-order valence-electron chi connectivity index (χ0n) is 19.2. The molecule has 2 rings (SSSR count). The molecule has 1 amide bonds. The standard InChI is InChI=1S/C23H33N3O4S/c1-7-14-31(28,29)24-20-10-13-22(25(4)5)19(15-20)16-26(17(2)3)23(27)18-8-11-21(30-6)12-9-18/h8-13,15,17,24H,7,14,16H2,1-6H3.